The first kappa shape index (κ1) is 17.8. The number of amides is 1. The topological polar surface area (TPSA) is 86.5 Å². The summed E-state index contributed by atoms with van der Waals surface area (Å²) in [7, 11) is 0. The van der Waals surface area contributed by atoms with Crippen molar-refractivity contribution in [3.8, 4) is 11.8 Å². The van der Waals surface area contributed by atoms with Gasteiger partial charge in [0, 0.05) is 12.5 Å². The Labute approximate surface area is 141 Å². The van der Waals surface area contributed by atoms with Crippen LogP contribution in [0.15, 0.2) is 28.8 Å². The monoisotopic (exact) mass is 333 g/mol. The van der Waals surface area contributed by atoms with E-state index >= 15 is 0 Å². The van der Waals surface area contributed by atoms with Gasteiger partial charge in [-0.2, -0.15) is 4.98 Å². The van der Waals surface area contributed by atoms with E-state index in [1.165, 1.54) is 0 Å². The maximum atomic E-state index is 11.6. The Kier molecular flexibility index (Phi) is 5.43. The Morgan fingerprint density at radius 1 is 1.25 bits per heavy atom. The third kappa shape index (κ3) is 5.57. The van der Waals surface area contributed by atoms with Gasteiger partial charge >= 0.3 is 12.2 Å². The molecule has 7 heteroatoms. The van der Waals surface area contributed by atoms with Gasteiger partial charge in [0.1, 0.15) is 11.4 Å². The van der Waals surface area contributed by atoms with E-state index < -0.39 is 11.7 Å². The molecule has 0 unspecified atom stereocenters. The summed E-state index contributed by atoms with van der Waals surface area (Å²) in [5, 5.41) is 6.53. The maximum absolute atomic E-state index is 11.6. The zero-order valence-electron chi connectivity index (χ0n) is 14.6. The number of hydrogen-bond acceptors (Lipinski definition) is 6. The summed E-state index contributed by atoms with van der Waals surface area (Å²) in [6, 6.07) is 7.22. The van der Waals surface area contributed by atoms with Crippen molar-refractivity contribution in [2.45, 2.75) is 52.7 Å². The minimum Gasteiger partial charge on any atom is -0.444 e. The van der Waals surface area contributed by atoms with E-state index in [0.717, 1.165) is 5.56 Å². The number of nitrogens with one attached hydrogen (secondary N) is 1. The van der Waals surface area contributed by atoms with Crippen LogP contribution in [0.2, 0.25) is 0 Å². The van der Waals surface area contributed by atoms with E-state index in [1.807, 2.05) is 46.8 Å². The zero-order chi connectivity index (χ0) is 17.7. The number of aromatic nitrogens is 2. The quantitative estimate of drug-likeness (QED) is 0.889. The third-order valence-corrected chi connectivity index (χ3v) is 2.90. The van der Waals surface area contributed by atoms with Gasteiger partial charge in [-0.05, 0) is 38.5 Å². The van der Waals surface area contributed by atoms with Crippen molar-refractivity contribution in [1.82, 2.24) is 15.5 Å². The number of carbonyl (C=O) groups excluding carboxylic acids is 1. The molecule has 1 amide bonds. The fourth-order valence-corrected chi connectivity index (χ4v) is 1.76. The first-order chi connectivity index (χ1) is 11.2. The van der Waals surface area contributed by atoms with Crippen LogP contribution in [0, 0.1) is 0 Å². The van der Waals surface area contributed by atoms with Crippen LogP contribution >= 0.6 is 0 Å². The fourth-order valence-electron chi connectivity index (χ4n) is 1.76. The number of carbonyl (C=O) groups is 1. The lowest BCUT2D eigenvalue weighted by atomic mass is 10.2. The summed E-state index contributed by atoms with van der Waals surface area (Å²) in [6.45, 7) is 9.78. The average molecular weight is 333 g/mol. The molecule has 24 heavy (non-hydrogen) atoms. The number of hydrogen-bond donors (Lipinski definition) is 1. The van der Waals surface area contributed by atoms with Gasteiger partial charge in [-0.25, -0.2) is 4.79 Å². The molecule has 0 saturated carbocycles. The van der Waals surface area contributed by atoms with E-state index in [-0.39, 0.29) is 12.0 Å². The van der Waals surface area contributed by atoms with Crippen molar-refractivity contribution in [2.24, 2.45) is 0 Å². The molecule has 0 fully saturated rings. The van der Waals surface area contributed by atoms with Crippen molar-refractivity contribution >= 4 is 6.09 Å². The molecular formula is C17H23N3O4. The lowest BCUT2D eigenvalue weighted by Crippen LogP contribution is -2.32. The number of nitrogens with zero attached hydrogens (tertiary/aromatic N) is 2. The van der Waals surface area contributed by atoms with Crippen LogP contribution in [0.1, 0.15) is 51.9 Å². The average Bonchev–Trinajstić information content (AvgIpc) is 2.93. The second-order valence-electron chi connectivity index (χ2n) is 6.67. The maximum Gasteiger partial charge on any atom is 0.422 e. The van der Waals surface area contributed by atoms with Crippen molar-refractivity contribution in [3.05, 3.63) is 35.7 Å². The van der Waals surface area contributed by atoms with Crippen molar-refractivity contribution in [2.75, 3.05) is 0 Å². The molecule has 1 aromatic carbocycles. The number of ether oxygens (including phenoxy) is 2. The van der Waals surface area contributed by atoms with E-state index in [2.05, 4.69) is 15.5 Å². The van der Waals surface area contributed by atoms with Crippen LogP contribution in [0.3, 0.4) is 0 Å². The zero-order valence-corrected chi connectivity index (χ0v) is 14.6. The molecule has 1 N–H and O–H groups in total. The molecule has 0 aliphatic rings. The second-order valence-corrected chi connectivity index (χ2v) is 6.67. The number of alkyl carbamates (subject to hydrolysis) is 1. The fraction of sp³-hybridized carbons (Fsp3) is 0.471. The lowest BCUT2D eigenvalue weighted by molar-refractivity contribution is 0.0523. The van der Waals surface area contributed by atoms with Gasteiger partial charge in [0.25, 0.3) is 0 Å². The molecular weight excluding hydrogens is 310 g/mol. The normalized spacial score (nSPS) is 11.4. The SMILES string of the molecule is CC(C)c1noc(Oc2ccc(CNC(=O)OC(C)(C)C)cc2)n1. The molecule has 1 aromatic heterocycles. The molecule has 130 valence electrons. The Morgan fingerprint density at radius 3 is 2.46 bits per heavy atom. The molecule has 7 nitrogen and oxygen atoms in total. The summed E-state index contributed by atoms with van der Waals surface area (Å²) >= 11 is 0. The Bertz CT molecular complexity index is 672. The third-order valence-electron chi connectivity index (χ3n) is 2.90. The Hall–Kier alpha value is -2.57. The van der Waals surface area contributed by atoms with E-state index in [1.54, 1.807) is 12.1 Å². The number of benzene rings is 1. The molecule has 1 heterocycles. The smallest absolute Gasteiger partial charge is 0.422 e. The highest BCUT2D eigenvalue weighted by molar-refractivity contribution is 5.67. The minimum atomic E-state index is -0.513. The van der Waals surface area contributed by atoms with Crippen LogP contribution in [-0.4, -0.2) is 21.8 Å². The molecule has 2 rings (SSSR count). The summed E-state index contributed by atoms with van der Waals surface area (Å²) in [4.78, 5) is 15.8. The van der Waals surface area contributed by atoms with Crippen LogP contribution in [0.5, 0.6) is 11.8 Å². The van der Waals surface area contributed by atoms with Crippen LogP contribution in [0.25, 0.3) is 0 Å². The van der Waals surface area contributed by atoms with Crippen LogP contribution in [-0.2, 0) is 11.3 Å². The highest BCUT2D eigenvalue weighted by Crippen LogP contribution is 2.21. The van der Waals surface area contributed by atoms with Crippen molar-refractivity contribution in [1.29, 1.82) is 0 Å². The summed E-state index contributed by atoms with van der Waals surface area (Å²) < 4.78 is 15.7. The highest BCUT2D eigenvalue weighted by atomic mass is 16.6. The van der Waals surface area contributed by atoms with Crippen molar-refractivity contribution < 1.29 is 18.8 Å². The van der Waals surface area contributed by atoms with Gasteiger partial charge < -0.3 is 14.8 Å². The summed E-state index contributed by atoms with van der Waals surface area (Å²) in [6.07, 6.45) is -0.340. The number of rotatable bonds is 5. The van der Waals surface area contributed by atoms with Gasteiger partial charge in [0.2, 0.25) is 0 Å². The predicted molar refractivity (Wildman–Crippen MR) is 88.0 cm³/mol. The van der Waals surface area contributed by atoms with E-state index in [0.29, 0.717) is 18.1 Å². The van der Waals surface area contributed by atoms with Crippen molar-refractivity contribution in [3.63, 3.8) is 0 Å². The standard InChI is InChI=1S/C17H23N3O4/c1-11(2)14-19-16(24-20-14)22-13-8-6-12(7-9-13)10-18-15(21)23-17(3,4)5/h6-9,11H,10H2,1-5H3,(H,18,21). The molecule has 0 spiro atoms. The van der Waals surface area contributed by atoms with Crippen LogP contribution < -0.4 is 10.1 Å². The molecule has 0 radical (unpaired) electrons. The summed E-state index contributed by atoms with van der Waals surface area (Å²) in [5.74, 6) is 1.35. The molecule has 0 aliphatic heterocycles. The minimum absolute atomic E-state index is 0.110. The van der Waals surface area contributed by atoms with Gasteiger partial charge in [0.15, 0.2) is 5.82 Å². The predicted octanol–water partition coefficient (Wildman–Crippen LogP) is 4.01. The molecule has 2 aromatic rings. The molecule has 0 bridgehead atoms. The molecule has 0 saturated heterocycles. The Balaban J connectivity index is 1.87. The van der Waals surface area contributed by atoms with E-state index in [4.69, 9.17) is 14.0 Å². The first-order valence-corrected chi connectivity index (χ1v) is 7.80. The second kappa shape index (κ2) is 7.33. The van der Waals surface area contributed by atoms with Crippen LogP contribution in [0.4, 0.5) is 4.79 Å². The van der Waals surface area contributed by atoms with Gasteiger partial charge in [-0.3, -0.25) is 4.52 Å². The van der Waals surface area contributed by atoms with Gasteiger partial charge in [0.05, 0.1) is 0 Å². The Morgan fingerprint density at radius 2 is 1.92 bits per heavy atom. The highest BCUT2D eigenvalue weighted by Gasteiger charge is 2.15. The van der Waals surface area contributed by atoms with Gasteiger partial charge in [-0.15, -0.1) is 0 Å². The molecule has 0 aliphatic carbocycles. The van der Waals surface area contributed by atoms with Gasteiger partial charge in [-0.1, -0.05) is 31.1 Å². The largest absolute Gasteiger partial charge is 0.444 e. The first-order valence-electron chi connectivity index (χ1n) is 7.80. The lowest BCUT2D eigenvalue weighted by Gasteiger charge is -2.19. The summed E-state index contributed by atoms with van der Waals surface area (Å²) in [5.41, 5.74) is 0.405. The van der Waals surface area contributed by atoms with E-state index in [9.17, 15) is 4.79 Å². The molecule has 0 atom stereocenters.